The zero-order valence-electron chi connectivity index (χ0n) is 8.53. The molecular formula is C11H13ClN2O. The molecule has 0 radical (unpaired) electrons. The van der Waals surface area contributed by atoms with E-state index in [-0.39, 0.29) is 5.38 Å². The van der Waals surface area contributed by atoms with Gasteiger partial charge in [0.1, 0.15) is 0 Å². The Labute approximate surface area is 94.1 Å². The van der Waals surface area contributed by atoms with Crippen LogP contribution in [-0.2, 0) is 0 Å². The van der Waals surface area contributed by atoms with Gasteiger partial charge in [0, 0.05) is 25.4 Å². The summed E-state index contributed by atoms with van der Waals surface area (Å²) in [5.41, 5.74) is 2.28. The predicted molar refractivity (Wildman–Crippen MR) is 61.3 cm³/mol. The molecule has 0 saturated carbocycles. The minimum Gasteiger partial charge on any atom is -0.481 e. The molecule has 4 heteroatoms. The molecule has 0 bridgehead atoms. The van der Waals surface area contributed by atoms with Gasteiger partial charge in [-0.3, -0.25) is 0 Å². The minimum absolute atomic E-state index is 0.0656. The SMILES string of the molecule is COc1ccc(C2=CC(Cl)CNC2)cn1. The maximum atomic E-state index is 6.04. The van der Waals surface area contributed by atoms with E-state index < -0.39 is 0 Å². The second-order valence-electron chi connectivity index (χ2n) is 3.43. The van der Waals surface area contributed by atoms with Crippen molar-refractivity contribution in [3.8, 4) is 5.88 Å². The molecule has 0 fully saturated rings. The normalized spacial score (nSPS) is 20.9. The number of rotatable bonds is 2. The number of pyridine rings is 1. The largest absolute Gasteiger partial charge is 0.481 e. The van der Waals surface area contributed by atoms with Crippen LogP contribution >= 0.6 is 11.6 Å². The van der Waals surface area contributed by atoms with Crippen LogP contribution in [-0.4, -0.2) is 30.6 Å². The maximum absolute atomic E-state index is 6.04. The monoisotopic (exact) mass is 224 g/mol. The van der Waals surface area contributed by atoms with Crippen molar-refractivity contribution >= 4 is 17.2 Å². The second kappa shape index (κ2) is 4.64. The Bertz CT molecular complexity index is 361. The number of hydrogen-bond acceptors (Lipinski definition) is 3. The molecule has 2 heterocycles. The number of aromatic nitrogens is 1. The molecule has 15 heavy (non-hydrogen) atoms. The van der Waals surface area contributed by atoms with Gasteiger partial charge in [0.25, 0.3) is 0 Å². The third-order valence-electron chi connectivity index (χ3n) is 2.35. The predicted octanol–water partition coefficient (Wildman–Crippen LogP) is 1.68. The zero-order chi connectivity index (χ0) is 10.7. The lowest BCUT2D eigenvalue weighted by Gasteiger charge is -2.17. The van der Waals surface area contributed by atoms with Crippen molar-refractivity contribution in [2.45, 2.75) is 5.38 Å². The second-order valence-corrected chi connectivity index (χ2v) is 3.99. The first-order valence-corrected chi connectivity index (χ1v) is 5.29. The van der Waals surface area contributed by atoms with Gasteiger partial charge in [0.2, 0.25) is 5.88 Å². The average molecular weight is 225 g/mol. The van der Waals surface area contributed by atoms with E-state index in [1.165, 1.54) is 5.57 Å². The van der Waals surface area contributed by atoms with Crippen molar-refractivity contribution < 1.29 is 4.74 Å². The maximum Gasteiger partial charge on any atom is 0.212 e. The summed E-state index contributed by atoms with van der Waals surface area (Å²) in [6, 6.07) is 3.85. The number of alkyl halides is 1. The molecule has 0 spiro atoms. The molecule has 80 valence electrons. The van der Waals surface area contributed by atoms with Gasteiger partial charge in [-0.1, -0.05) is 6.08 Å². The fraction of sp³-hybridized carbons (Fsp3) is 0.364. The summed E-state index contributed by atoms with van der Waals surface area (Å²) >= 11 is 6.04. The van der Waals surface area contributed by atoms with Gasteiger partial charge in [-0.2, -0.15) is 0 Å². The van der Waals surface area contributed by atoms with Gasteiger partial charge in [-0.25, -0.2) is 4.98 Å². The quantitative estimate of drug-likeness (QED) is 0.777. The van der Waals surface area contributed by atoms with Crippen molar-refractivity contribution in [3.05, 3.63) is 30.0 Å². The number of nitrogens with one attached hydrogen (secondary N) is 1. The summed E-state index contributed by atoms with van der Waals surface area (Å²) in [6.07, 6.45) is 3.88. The van der Waals surface area contributed by atoms with Crippen LogP contribution in [0.5, 0.6) is 5.88 Å². The Morgan fingerprint density at radius 3 is 3.00 bits per heavy atom. The zero-order valence-corrected chi connectivity index (χ0v) is 9.29. The third-order valence-corrected chi connectivity index (χ3v) is 2.63. The Morgan fingerprint density at radius 2 is 2.40 bits per heavy atom. The number of ether oxygens (including phenoxy) is 1. The van der Waals surface area contributed by atoms with Crippen LogP contribution in [0.4, 0.5) is 0 Å². The molecule has 1 aromatic heterocycles. The van der Waals surface area contributed by atoms with Crippen LogP contribution in [0.2, 0.25) is 0 Å². The Morgan fingerprint density at radius 1 is 1.53 bits per heavy atom. The first kappa shape index (κ1) is 10.5. The third kappa shape index (κ3) is 2.49. The highest BCUT2D eigenvalue weighted by Gasteiger charge is 2.11. The van der Waals surface area contributed by atoms with E-state index in [4.69, 9.17) is 16.3 Å². The highest BCUT2D eigenvalue weighted by molar-refractivity contribution is 6.22. The van der Waals surface area contributed by atoms with Crippen molar-refractivity contribution in [2.24, 2.45) is 0 Å². The van der Waals surface area contributed by atoms with Crippen molar-refractivity contribution in [2.75, 3.05) is 20.2 Å². The van der Waals surface area contributed by atoms with E-state index in [2.05, 4.69) is 16.4 Å². The lowest BCUT2D eigenvalue weighted by Crippen LogP contribution is -2.28. The Balaban J connectivity index is 2.21. The van der Waals surface area contributed by atoms with Crippen LogP contribution in [0.3, 0.4) is 0 Å². The van der Waals surface area contributed by atoms with Crippen LogP contribution in [0.15, 0.2) is 24.4 Å². The van der Waals surface area contributed by atoms with Crippen LogP contribution < -0.4 is 10.1 Å². The molecule has 0 aliphatic carbocycles. The first-order valence-electron chi connectivity index (χ1n) is 4.85. The molecule has 1 aliphatic heterocycles. The summed E-state index contributed by atoms with van der Waals surface area (Å²) in [5, 5.41) is 3.32. The van der Waals surface area contributed by atoms with Gasteiger partial charge in [0.15, 0.2) is 0 Å². The number of hydrogen-bond donors (Lipinski definition) is 1. The van der Waals surface area contributed by atoms with Gasteiger partial charge in [0.05, 0.1) is 12.5 Å². The molecule has 0 saturated heterocycles. The Hall–Kier alpha value is -1.06. The Kier molecular flexibility index (Phi) is 3.23. The first-order chi connectivity index (χ1) is 7.29. The fourth-order valence-electron chi connectivity index (χ4n) is 1.57. The lowest BCUT2D eigenvalue weighted by atomic mass is 10.0. The molecule has 3 nitrogen and oxygen atoms in total. The van der Waals surface area contributed by atoms with Gasteiger partial charge < -0.3 is 10.1 Å². The topological polar surface area (TPSA) is 34.1 Å². The van der Waals surface area contributed by atoms with Gasteiger partial charge in [-0.05, 0) is 17.2 Å². The molecular weight excluding hydrogens is 212 g/mol. The van der Waals surface area contributed by atoms with Crippen molar-refractivity contribution in [3.63, 3.8) is 0 Å². The van der Waals surface area contributed by atoms with E-state index in [1.807, 2.05) is 12.1 Å². The number of halogens is 1. The van der Waals surface area contributed by atoms with Crippen LogP contribution in [0.25, 0.3) is 5.57 Å². The van der Waals surface area contributed by atoms with E-state index >= 15 is 0 Å². The van der Waals surface area contributed by atoms with E-state index in [9.17, 15) is 0 Å². The summed E-state index contributed by atoms with van der Waals surface area (Å²) < 4.78 is 5.01. The summed E-state index contributed by atoms with van der Waals surface area (Å²) in [5.74, 6) is 0.630. The van der Waals surface area contributed by atoms with E-state index in [1.54, 1.807) is 13.3 Å². The molecule has 1 aliphatic rings. The van der Waals surface area contributed by atoms with Crippen molar-refractivity contribution in [1.82, 2.24) is 10.3 Å². The summed E-state index contributed by atoms with van der Waals surface area (Å²) in [4.78, 5) is 4.16. The van der Waals surface area contributed by atoms with Gasteiger partial charge >= 0.3 is 0 Å². The number of methoxy groups -OCH3 is 1. The molecule has 2 rings (SSSR count). The summed E-state index contributed by atoms with van der Waals surface area (Å²) in [7, 11) is 1.61. The molecule has 0 amide bonds. The smallest absolute Gasteiger partial charge is 0.212 e. The molecule has 0 aromatic carbocycles. The van der Waals surface area contributed by atoms with Gasteiger partial charge in [-0.15, -0.1) is 11.6 Å². The van der Waals surface area contributed by atoms with Crippen molar-refractivity contribution in [1.29, 1.82) is 0 Å². The lowest BCUT2D eigenvalue weighted by molar-refractivity contribution is 0.398. The standard InChI is InChI=1S/C11H13ClN2O/c1-15-11-3-2-8(6-14-11)9-4-10(12)7-13-5-9/h2-4,6,10,13H,5,7H2,1H3. The van der Waals surface area contributed by atoms with E-state index in [0.717, 1.165) is 18.7 Å². The van der Waals surface area contributed by atoms with E-state index in [0.29, 0.717) is 5.88 Å². The minimum atomic E-state index is 0.0656. The summed E-state index contributed by atoms with van der Waals surface area (Å²) in [6.45, 7) is 1.67. The fourth-order valence-corrected chi connectivity index (χ4v) is 1.83. The molecule has 1 atom stereocenters. The van der Waals surface area contributed by atoms with Crippen LogP contribution in [0, 0.1) is 0 Å². The average Bonchev–Trinajstić information content (AvgIpc) is 2.29. The highest BCUT2D eigenvalue weighted by atomic mass is 35.5. The number of nitrogens with zero attached hydrogens (tertiary/aromatic N) is 1. The highest BCUT2D eigenvalue weighted by Crippen LogP contribution is 2.19. The van der Waals surface area contributed by atoms with Crippen LogP contribution in [0.1, 0.15) is 5.56 Å². The molecule has 1 N–H and O–H groups in total. The molecule has 1 aromatic rings. The molecule has 1 unspecified atom stereocenters.